The van der Waals surface area contributed by atoms with Crippen LogP contribution in [-0.2, 0) is 0 Å². The number of unbranched alkanes of at least 4 members (excludes halogenated alkanes) is 2. The largest absolute Gasteiger partial charge is 0.352 e. The summed E-state index contributed by atoms with van der Waals surface area (Å²) in [7, 11) is 0. The highest BCUT2D eigenvalue weighted by atomic mass is 16.2. The molecule has 42 heavy (non-hydrogen) atoms. The van der Waals surface area contributed by atoms with E-state index in [-0.39, 0.29) is 11.8 Å². The quantitative estimate of drug-likeness (QED) is 0.105. The van der Waals surface area contributed by atoms with E-state index in [1.165, 1.54) is 25.7 Å². The molecule has 5 aromatic rings. The Morgan fingerprint density at radius 1 is 0.548 bits per heavy atom. The van der Waals surface area contributed by atoms with E-state index in [1.54, 1.807) is 0 Å². The molecule has 2 unspecified atom stereocenters. The topological polar surface area (TPSA) is 58.2 Å². The standard InChI is InChI=1S/C38H46N2O2/c1-5-9-13-25(7-3)23-39-37(41)33-21-19-31-28-16-12-18-30-34(38(42)40-24-26(8-4)14-10-6-2)22-20-32(36(28)30)27-15-11-17-29(33)35(27)31/h11-12,15-22,25-26H,5-10,13-14,23-24H2,1-4H3,(H,39,41)(H,40,42). The Labute approximate surface area is 250 Å². The molecule has 0 aliphatic rings. The molecule has 0 saturated heterocycles. The van der Waals surface area contributed by atoms with Gasteiger partial charge < -0.3 is 10.6 Å². The molecule has 5 rings (SSSR count). The van der Waals surface area contributed by atoms with E-state index in [4.69, 9.17) is 0 Å². The second-order valence-corrected chi connectivity index (χ2v) is 12.0. The number of nitrogens with one attached hydrogen (secondary N) is 2. The third-order valence-electron chi connectivity index (χ3n) is 9.34. The minimum absolute atomic E-state index is 0.00556. The molecule has 0 aliphatic carbocycles. The Morgan fingerprint density at radius 3 is 1.31 bits per heavy atom. The average Bonchev–Trinajstić information content (AvgIpc) is 3.03. The summed E-state index contributed by atoms with van der Waals surface area (Å²) in [6, 6.07) is 20.7. The second-order valence-electron chi connectivity index (χ2n) is 12.0. The molecule has 0 fully saturated rings. The lowest BCUT2D eigenvalue weighted by Crippen LogP contribution is -2.29. The van der Waals surface area contributed by atoms with Crippen molar-refractivity contribution < 1.29 is 9.59 Å². The summed E-state index contributed by atoms with van der Waals surface area (Å²) in [5.41, 5.74) is 1.45. The maximum Gasteiger partial charge on any atom is 0.251 e. The Balaban J connectivity index is 1.53. The van der Waals surface area contributed by atoms with Gasteiger partial charge in [0.25, 0.3) is 11.8 Å². The van der Waals surface area contributed by atoms with Crippen LogP contribution >= 0.6 is 0 Å². The summed E-state index contributed by atoms with van der Waals surface area (Å²) in [5, 5.41) is 15.1. The fraction of sp³-hybridized carbons (Fsp3) is 0.421. The first-order valence-electron chi connectivity index (χ1n) is 16.2. The summed E-state index contributed by atoms with van der Waals surface area (Å²) in [6.07, 6.45) is 9.19. The highest BCUT2D eigenvalue weighted by Gasteiger charge is 2.20. The lowest BCUT2D eigenvalue weighted by molar-refractivity contribution is 0.0939. The molecule has 5 aromatic carbocycles. The van der Waals surface area contributed by atoms with Gasteiger partial charge in [0.05, 0.1) is 0 Å². The number of benzene rings is 5. The van der Waals surface area contributed by atoms with E-state index >= 15 is 0 Å². The molecular formula is C38H46N2O2. The highest BCUT2D eigenvalue weighted by molar-refractivity contribution is 6.35. The predicted octanol–water partition coefficient (Wildman–Crippen LogP) is 9.63. The van der Waals surface area contributed by atoms with E-state index in [1.807, 2.05) is 12.1 Å². The van der Waals surface area contributed by atoms with Crippen molar-refractivity contribution in [2.24, 2.45) is 11.8 Å². The molecule has 4 nitrogen and oxygen atoms in total. The van der Waals surface area contributed by atoms with Gasteiger partial charge in [0.2, 0.25) is 0 Å². The van der Waals surface area contributed by atoms with Crippen LogP contribution in [0.25, 0.3) is 43.1 Å². The van der Waals surface area contributed by atoms with Gasteiger partial charge in [0.15, 0.2) is 0 Å². The Bertz CT molecular complexity index is 1540. The van der Waals surface area contributed by atoms with Gasteiger partial charge in [-0.15, -0.1) is 0 Å². The van der Waals surface area contributed by atoms with E-state index in [2.05, 4.69) is 86.9 Å². The van der Waals surface area contributed by atoms with E-state index in [0.29, 0.717) is 24.9 Å². The summed E-state index contributed by atoms with van der Waals surface area (Å²) >= 11 is 0. The SMILES string of the molecule is CCCCC(CC)CNC(=O)c1ccc2c3cccc4c(C(=O)NCC(CC)CCCC)ccc(c5cccc1c52)c43. The van der Waals surface area contributed by atoms with Crippen molar-refractivity contribution in [1.82, 2.24) is 10.6 Å². The number of amides is 2. The van der Waals surface area contributed by atoms with E-state index < -0.39 is 0 Å². The Kier molecular flexibility index (Phi) is 9.62. The maximum absolute atomic E-state index is 13.5. The third kappa shape index (κ3) is 5.82. The van der Waals surface area contributed by atoms with Gasteiger partial charge in [-0.05, 0) is 79.9 Å². The summed E-state index contributed by atoms with van der Waals surface area (Å²) < 4.78 is 0. The molecule has 0 heterocycles. The van der Waals surface area contributed by atoms with Crippen molar-refractivity contribution in [3.63, 3.8) is 0 Å². The van der Waals surface area contributed by atoms with Crippen molar-refractivity contribution in [2.75, 3.05) is 13.1 Å². The van der Waals surface area contributed by atoms with E-state index in [0.717, 1.165) is 79.9 Å². The first kappa shape index (κ1) is 29.8. The van der Waals surface area contributed by atoms with Gasteiger partial charge >= 0.3 is 0 Å². The van der Waals surface area contributed by atoms with Gasteiger partial charge in [0.1, 0.15) is 0 Å². The van der Waals surface area contributed by atoms with E-state index in [9.17, 15) is 9.59 Å². The van der Waals surface area contributed by atoms with Crippen LogP contribution in [0.4, 0.5) is 0 Å². The molecule has 0 radical (unpaired) electrons. The van der Waals surface area contributed by atoms with Crippen LogP contribution in [0.3, 0.4) is 0 Å². The van der Waals surface area contributed by atoms with Crippen molar-refractivity contribution in [2.45, 2.75) is 79.1 Å². The van der Waals surface area contributed by atoms with Crippen molar-refractivity contribution >= 4 is 54.9 Å². The normalized spacial score (nSPS) is 13.2. The molecule has 0 saturated carbocycles. The molecule has 0 bridgehead atoms. The summed E-state index contributed by atoms with van der Waals surface area (Å²) in [5.74, 6) is 1.01. The molecule has 4 heteroatoms. The minimum Gasteiger partial charge on any atom is -0.352 e. The lowest BCUT2D eigenvalue weighted by atomic mass is 9.87. The smallest absolute Gasteiger partial charge is 0.251 e. The molecule has 0 spiro atoms. The van der Waals surface area contributed by atoms with Crippen LogP contribution in [-0.4, -0.2) is 24.9 Å². The van der Waals surface area contributed by atoms with Crippen LogP contribution in [0.1, 0.15) is 99.8 Å². The van der Waals surface area contributed by atoms with Crippen molar-refractivity contribution in [3.8, 4) is 0 Å². The second kappa shape index (κ2) is 13.5. The van der Waals surface area contributed by atoms with Crippen molar-refractivity contribution in [3.05, 3.63) is 71.8 Å². The minimum atomic E-state index is -0.00556. The number of carbonyl (C=O) groups is 2. The molecule has 2 amide bonds. The zero-order valence-corrected chi connectivity index (χ0v) is 25.8. The number of hydrogen-bond donors (Lipinski definition) is 2. The summed E-state index contributed by atoms with van der Waals surface area (Å²) in [6.45, 7) is 10.3. The monoisotopic (exact) mass is 562 g/mol. The fourth-order valence-electron chi connectivity index (χ4n) is 6.66. The molecule has 0 aromatic heterocycles. The number of carbonyl (C=O) groups excluding carboxylic acids is 2. The van der Waals surface area contributed by atoms with Crippen LogP contribution in [0.15, 0.2) is 60.7 Å². The number of rotatable bonds is 14. The molecular weight excluding hydrogens is 516 g/mol. The average molecular weight is 563 g/mol. The van der Waals surface area contributed by atoms with Gasteiger partial charge in [-0.1, -0.05) is 115 Å². The van der Waals surface area contributed by atoms with Gasteiger partial charge in [-0.2, -0.15) is 0 Å². The highest BCUT2D eigenvalue weighted by Crippen LogP contribution is 2.41. The predicted molar refractivity (Wildman–Crippen MR) is 179 cm³/mol. The lowest BCUT2D eigenvalue weighted by Gasteiger charge is -2.19. The fourth-order valence-corrected chi connectivity index (χ4v) is 6.66. The molecule has 0 aliphatic heterocycles. The zero-order chi connectivity index (χ0) is 29.6. The number of hydrogen-bond acceptors (Lipinski definition) is 2. The van der Waals surface area contributed by atoms with Crippen LogP contribution in [0.2, 0.25) is 0 Å². The summed E-state index contributed by atoms with van der Waals surface area (Å²) in [4.78, 5) is 26.9. The first-order valence-corrected chi connectivity index (χ1v) is 16.2. The first-order chi connectivity index (χ1) is 20.5. The van der Waals surface area contributed by atoms with Crippen LogP contribution < -0.4 is 10.6 Å². The third-order valence-corrected chi connectivity index (χ3v) is 9.34. The number of fused-ring (bicyclic) bond motifs is 2. The Hall–Kier alpha value is -3.66. The van der Waals surface area contributed by atoms with Crippen molar-refractivity contribution in [1.29, 1.82) is 0 Å². The van der Waals surface area contributed by atoms with Gasteiger partial charge in [-0.25, -0.2) is 0 Å². The van der Waals surface area contributed by atoms with Crippen LogP contribution in [0, 0.1) is 11.8 Å². The molecule has 2 N–H and O–H groups in total. The van der Waals surface area contributed by atoms with Gasteiger partial charge in [0, 0.05) is 24.2 Å². The van der Waals surface area contributed by atoms with Crippen LogP contribution in [0.5, 0.6) is 0 Å². The zero-order valence-electron chi connectivity index (χ0n) is 25.8. The van der Waals surface area contributed by atoms with Gasteiger partial charge in [-0.3, -0.25) is 9.59 Å². The molecule has 2 atom stereocenters. The maximum atomic E-state index is 13.5. The Morgan fingerprint density at radius 2 is 0.929 bits per heavy atom. The molecule has 220 valence electrons.